The molecule has 3 aromatic carbocycles. The highest BCUT2D eigenvalue weighted by Gasteiger charge is 2.12. The number of amides is 2. The molecule has 0 aliphatic rings. The molecular weight excluding hydrogens is 438 g/mol. The van der Waals surface area contributed by atoms with Crippen LogP contribution in [0.25, 0.3) is 10.2 Å². The summed E-state index contributed by atoms with van der Waals surface area (Å²) in [7, 11) is 0. The van der Waals surface area contributed by atoms with Gasteiger partial charge in [-0.1, -0.05) is 42.1 Å². The number of carbonyl (C=O) groups is 2. The summed E-state index contributed by atoms with van der Waals surface area (Å²) in [5.74, 6) is 0.430. The van der Waals surface area contributed by atoms with Crippen molar-refractivity contribution in [1.82, 2.24) is 10.3 Å². The van der Waals surface area contributed by atoms with Gasteiger partial charge in [-0.3, -0.25) is 9.59 Å². The molecule has 0 aliphatic heterocycles. The monoisotopic (exact) mass is 461 g/mol. The van der Waals surface area contributed by atoms with Crippen LogP contribution in [0.5, 0.6) is 0 Å². The van der Waals surface area contributed by atoms with Gasteiger partial charge in [0.2, 0.25) is 0 Å². The van der Waals surface area contributed by atoms with Crippen LogP contribution in [0.15, 0.2) is 71.1 Å². The molecule has 2 N–H and O–H groups in total. The maximum absolute atomic E-state index is 12.7. The van der Waals surface area contributed by atoms with Gasteiger partial charge in [0, 0.05) is 29.1 Å². The fraction of sp³-hybridized carbons (Fsp3) is 0.160. The first kappa shape index (κ1) is 22.0. The van der Waals surface area contributed by atoms with Crippen molar-refractivity contribution >= 4 is 50.8 Å². The number of hydrogen-bond acceptors (Lipinski definition) is 5. The van der Waals surface area contributed by atoms with Gasteiger partial charge in [-0.25, -0.2) is 4.98 Å². The van der Waals surface area contributed by atoms with Crippen LogP contribution in [-0.4, -0.2) is 23.3 Å². The van der Waals surface area contributed by atoms with Crippen molar-refractivity contribution in [2.75, 3.05) is 11.9 Å². The number of aryl methyl sites for hydroxylation is 1. The number of nitrogens with one attached hydrogen (secondary N) is 2. The Morgan fingerprint density at radius 2 is 1.72 bits per heavy atom. The molecular formula is C25H23N3O2S2. The zero-order valence-corrected chi connectivity index (χ0v) is 19.5. The van der Waals surface area contributed by atoms with Crippen LogP contribution in [0, 0.1) is 6.92 Å². The third-order valence-electron chi connectivity index (χ3n) is 4.94. The van der Waals surface area contributed by atoms with E-state index in [4.69, 9.17) is 0 Å². The van der Waals surface area contributed by atoms with Crippen LogP contribution < -0.4 is 10.6 Å². The number of fused-ring (bicyclic) bond motifs is 1. The van der Waals surface area contributed by atoms with Gasteiger partial charge in [0.25, 0.3) is 11.8 Å². The van der Waals surface area contributed by atoms with Crippen molar-refractivity contribution in [3.63, 3.8) is 0 Å². The Morgan fingerprint density at radius 3 is 2.47 bits per heavy atom. The minimum absolute atomic E-state index is 0.155. The van der Waals surface area contributed by atoms with Gasteiger partial charge in [0.05, 0.1) is 10.2 Å². The quantitative estimate of drug-likeness (QED) is 0.336. The lowest BCUT2D eigenvalue weighted by Crippen LogP contribution is -2.23. The van der Waals surface area contributed by atoms with E-state index >= 15 is 0 Å². The first-order valence-electron chi connectivity index (χ1n) is 10.3. The molecule has 0 atom stereocenters. The smallest absolute Gasteiger partial charge is 0.255 e. The van der Waals surface area contributed by atoms with Gasteiger partial charge >= 0.3 is 0 Å². The van der Waals surface area contributed by atoms with Gasteiger partial charge in [-0.2, -0.15) is 0 Å². The average Bonchev–Trinajstić information content (AvgIpc) is 3.22. The van der Waals surface area contributed by atoms with Crippen LogP contribution in [0.3, 0.4) is 0 Å². The Kier molecular flexibility index (Phi) is 6.87. The van der Waals surface area contributed by atoms with Crippen LogP contribution in [-0.2, 0) is 5.75 Å². The molecule has 0 unspecified atom stereocenters. The van der Waals surface area contributed by atoms with Crippen molar-refractivity contribution in [3.05, 3.63) is 89.0 Å². The molecule has 4 rings (SSSR count). The highest BCUT2D eigenvalue weighted by molar-refractivity contribution is 8.00. The third-order valence-corrected chi connectivity index (χ3v) is 7.19. The van der Waals surface area contributed by atoms with Crippen molar-refractivity contribution in [2.24, 2.45) is 0 Å². The van der Waals surface area contributed by atoms with E-state index in [1.807, 2.05) is 62.4 Å². The topological polar surface area (TPSA) is 71.1 Å². The number of nitrogens with zero attached hydrogens (tertiary/aromatic N) is 1. The SMILES string of the molecule is CCNC(=O)c1ccc(C)c(NC(=O)c2ccc(CSc3nc4ccccc4s3)cc2)c1. The van der Waals surface area contributed by atoms with Gasteiger partial charge < -0.3 is 10.6 Å². The Balaban J connectivity index is 1.39. The summed E-state index contributed by atoms with van der Waals surface area (Å²) in [6.45, 7) is 4.33. The summed E-state index contributed by atoms with van der Waals surface area (Å²) in [4.78, 5) is 29.5. The number of anilines is 1. The molecule has 0 aliphatic carbocycles. The molecule has 0 bridgehead atoms. The highest BCUT2D eigenvalue weighted by atomic mass is 32.2. The van der Waals surface area contributed by atoms with E-state index < -0.39 is 0 Å². The fourth-order valence-electron chi connectivity index (χ4n) is 3.17. The standard InChI is InChI=1S/C25H23N3O2S2/c1-3-26-23(29)19-11-8-16(2)21(14-19)27-24(30)18-12-9-17(10-13-18)15-31-25-28-20-6-4-5-7-22(20)32-25/h4-14H,3,15H2,1-2H3,(H,26,29)(H,27,30). The second kappa shape index (κ2) is 9.97. The fourth-order valence-corrected chi connectivity index (χ4v) is 5.19. The maximum atomic E-state index is 12.7. The van der Waals surface area contributed by atoms with E-state index in [9.17, 15) is 9.59 Å². The first-order valence-corrected chi connectivity index (χ1v) is 12.1. The molecule has 0 saturated heterocycles. The molecule has 4 aromatic rings. The summed E-state index contributed by atoms with van der Waals surface area (Å²) < 4.78 is 2.23. The molecule has 0 fully saturated rings. The highest BCUT2D eigenvalue weighted by Crippen LogP contribution is 2.31. The lowest BCUT2D eigenvalue weighted by Gasteiger charge is -2.11. The molecule has 7 heteroatoms. The van der Waals surface area contributed by atoms with Gasteiger partial charge in [-0.15, -0.1) is 11.3 Å². The second-order valence-corrected chi connectivity index (χ2v) is 9.53. The van der Waals surface area contributed by atoms with Crippen molar-refractivity contribution in [3.8, 4) is 0 Å². The molecule has 0 radical (unpaired) electrons. The number of rotatable bonds is 7. The van der Waals surface area contributed by atoms with E-state index in [1.54, 1.807) is 35.2 Å². The molecule has 0 saturated carbocycles. The summed E-state index contributed by atoms with van der Waals surface area (Å²) >= 11 is 3.39. The number of thiazole rings is 1. The number of aromatic nitrogens is 1. The molecule has 5 nitrogen and oxygen atoms in total. The molecule has 1 heterocycles. The summed E-state index contributed by atoms with van der Waals surface area (Å²) in [5.41, 5.74) is 4.78. The zero-order valence-electron chi connectivity index (χ0n) is 17.8. The molecule has 0 spiro atoms. The summed E-state index contributed by atoms with van der Waals surface area (Å²) in [5, 5.41) is 5.70. The van der Waals surface area contributed by atoms with E-state index in [2.05, 4.69) is 21.7 Å². The van der Waals surface area contributed by atoms with Gasteiger partial charge in [0.15, 0.2) is 4.34 Å². The lowest BCUT2D eigenvalue weighted by molar-refractivity contribution is 0.0954. The minimum Gasteiger partial charge on any atom is -0.352 e. The third kappa shape index (κ3) is 5.18. The average molecular weight is 462 g/mol. The lowest BCUT2D eigenvalue weighted by atomic mass is 10.1. The van der Waals surface area contributed by atoms with Crippen molar-refractivity contribution in [1.29, 1.82) is 0 Å². The number of thioether (sulfide) groups is 1. The van der Waals surface area contributed by atoms with Crippen LogP contribution in [0.1, 0.15) is 38.8 Å². The zero-order chi connectivity index (χ0) is 22.5. The number of benzene rings is 3. The van der Waals surface area contributed by atoms with Crippen LogP contribution >= 0.6 is 23.1 Å². The normalized spacial score (nSPS) is 10.8. The largest absolute Gasteiger partial charge is 0.352 e. The van der Waals surface area contributed by atoms with Crippen molar-refractivity contribution < 1.29 is 9.59 Å². The van der Waals surface area contributed by atoms with Crippen LogP contribution in [0.2, 0.25) is 0 Å². The molecule has 1 aromatic heterocycles. The predicted octanol–water partition coefficient (Wildman–Crippen LogP) is 5.90. The molecule has 32 heavy (non-hydrogen) atoms. The Morgan fingerprint density at radius 1 is 0.969 bits per heavy atom. The minimum atomic E-state index is -0.202. The van der Waals surface area contributed by atoms with E-state index in [0.29, 0.717) is 23.4 Å². The van der Waals surface area contributed by atoms with Crippen LogP contribution in [0.4, 0.5) is 5.69 Å². The molecule has 162 valence electrons. The van der Waals surface area contributed by atoms with Gasteiger partial charge in [-0.05, 0) is 61.4 Å². The van der Waals surface area contributed by atoms with E-state index in [-0.39, 0.29) is 11.8 Å². The maximum Gasteiger partial charge on any atom is 0.255 e. The van der Waals surface area contributed by atoms with Gasteiger partial charge in [0.1, 0.15) is 0 Å². The van der Waals surface area contributed by atoms with E-state index in [1.165, 1.54) is 4.70 Å². The number of carbonyl (C=O) groups excluding carboxylic acids is 2. The predicted molar refractivity (Wildman–Crippen MR) is 133 cm³/mol. The Hall–Kier alpha value is -3.16. The first-order chi connectivity index (χ1) is 15.5. The number of para-hydroxylation sites is 1. The molecule has 2 amide bonds. The Labute approximate surface area is 195 Å². The Bertz CT molecular complexity index is 1230. The van der Waals surface area contributed by atoms with E-state index in [0.717, 1.165) is 26.7 Å². The number of hydrogen-bond donors (Lipinski definition) is 2. The second-order valence-electron chi connectivity index (χ2n) is 7.28. The van der Waals surface area contributed by atoms with Crippen molar-refractivity contribution in [2.45, 2.75) is 23.9 Å². The summed E-state index contributed by atoms with van der Waals surface area (Å²) in [6.07, 6.45) is 0. The summed E-state index contributed by atoms with van der Waals surface area (Å²) in [6, 6.07) is 21.0.